The van der Waals surface area contributed by atoms with Gasteiger partial charge in [-0.2, -0.15) is 0 Å². The molecule has 12 heteroatoms. The molecule has 34 heavy (non-hydrogen) atoms. The topological polar surface area (TPSA) is 148 Å². The van der Waals surface area contributed by atoms with Gasteiger partial charge in [-0.05, 0) is 30.3 Å². The molecule has 0 radical (unpaired) electrons. The van der Waals surface area contributed by atoms with E-state index in [1.165, 1.54) is 35.1 Å². The van der Waals surface area contributed by atoms with Crippen molar-refractivity contribution >= 4 is 35.8 Å². The summed E-state index contributed by atoms with van der Waals surface area (Å²) in [6.07, 6.45) is 1.38. The number of hydrogen-bond acceptors (Lipinski definition) is 7. The number of nitrogens with zero attached hydrogens (tertiary/aromatic N) is 3. The highest BCUT2D eigenvalue weighted by molar-refractivity contribution is 5.90. The lowest BCUT2D eigenvalue weighted by atomic mass is 10.1. The number of hydrogen-bond donors (Lipinski definition) is 4. The van der Waals surface area contributed by atoms with Gasteiger partial charge < -0.3 is 25.4 Å². The summed E-state index contributed by atoms with van der Waals surface area (Å²) in [5.41, 5.74) is 1.11. The number of anilines is 2. The lowest BCUT2D eigenvalue weighted by Gasteiger charge is -2.18. The number of carbonyl (C=O) groups excluding carboxylic acids is 3. The number of benzene rings is 1. The molecule has 1 atom stereocenters. The highest BCUT2D eigenvalue weighted by Gasteiger charge is 2.32. The average Bonchev–Trinajstić information content (AvgIpc) is 3.21. The summed E-state index contributed by atoms with van der Waals surface area (Å²) in [5, 5.41) is 21.3. The maximum absolute atomic E-state index is 14.9. The van der Waals surface area contributed by atoms with Crippen molar-refractivity contribution in [3.8, 4) is 11.1 Å². The normalized spacial score (nSPS) is 15.0. The lowest BCUT2D eigenvalue weighted by molar-refractivity contribution is -0.123. The fourth-order valence-electron chi connectivity index (χ4n) is 3.33. The number of halogens is 1. The van der Waals surface area contributed by atoms with Gasteiger partial charge in [0.1, 0.15) is 24.3 Å². The summed E-state index contributed by atoms with van der Waals surface area (Å²) in [6.45, 7) is 1.59. The third kappa shape index (κ3) is 6.04. The predicted octanol–water partition coefficient (Wildman–Crippen LogP) is 0.871. The van der Waals surface area contributed by atoms with Crippen LogP contribution in [0.2, 0.25) is 0 Å². The molecule has 2 heterocycles. The van der Waals surface area contributed by atoms with E-state index in [0.717, 1.165) is 6.34 Å². The van der Waals surface area contributed by atoms with E-state index in [-0.39, 0.29) is 37.6 Å². The zero-order chi connectivity index (χ0) is 24.7. The highest BCUT2D eigenvalue weighted by Crippen LogP contribution is 2.29. The first-order chi connectivity index (χ1) is 16.3. The smallest absolute Gasteiger partial charge is 0.414 e. The Bertz CT molecular complexity index is 1060. The molecule has 0 bridgehead atoms. The maximum atomic E-state index is 14.9. The van der Waals surface area contributed by atoms with Crippen LogP contribution in [0.5, 0.6) is 0 Å². The molecule has 1 fully saturated rings. The number of cyclic esters (lactones) is 1. The summed E-state index contributed by atoms with van der Waals surface area (Å²) in [7, 11) is 0. The summed E-state index contributed by atoms with van der Waals surface area (Å²) in [4.78, 5) is 41.4. The minimum Gasteiger partial charge on any atom is -0.442 e. The Morgan fingerprint density at radius 2 is 2.15 bits per heavy atom. The van der Waals surface area contributed by atoms with Crippen molar-refractivity contribution in [3.63, 3.8) is 0 Å². The third-order valence-corrected chi connectivity index (χ3v) is 5.04. The Morgan fingerprint density at radius 1 is 1.35 bits per heavy atom. The Labute approximate surface area is 195 Å². The zero-order valence-corrected chi connectivity index (χ0v) is 18.5. The van der Waals surface area contributed by atoms with Crippen molar-refractivity contribution in [2.45, 2.75) is 13.0 Å². The molecular weight excluding hydrogens is 447 g/mol. The van der Waals surface area contributed by atoms with Gasteiger partial charge in [0.2, 0.25) is 11.8 Å². The predicted molar refractivity (Wildman–Crippen MR) is 122 cm³/mol. The Kier molecular flexibility index (Phi) is 8.09. The molecule has 1 aliphatic heterocycles. The van der Waals surface area contributed by atoms with Crippen LogP contribution in [0.3, 0.4) is 0 Å². The molecule has 4 N–H and O–H groups in total. The van der Waals surface area contributed by atoms with E-state index in [2.05, 4.69) is 15.6 Å². The van der Waals surface area contributed by atoms with Crippen LogP contribution in [0.25, 0.3) is 11.1 Å². The molecular formula is C22H25FN6O5. The minimum absolute atomic E-state index is 0.177. The molecule has 1 aromatic heterocycles. The number of aromatic nitrogens is 1. The number of carbonyl (C=O) groups is 3. The van der Waals surface area contributed by atoms with Gasteiger partial charge in [-0.1, -0.05) is 0 Å². The summed E-state index contributed by atoms with van der Waals surface area (Å²) in [6, 6.07) is 7.64. The quantitative estimate of drug-likeness (QED) is 0.296. The van der Waals surface area contributed by atoms with E-state index in [0.29, 0.717) is 17.1 Å². The van der Waals surface area contributed by atoms with Crippen LogP contribution in [0.15, 0.2) is 36.5 Å². The lowest BCUT2D eigenvalue weighted by Crippen LogP contribution is -2.35. The third-order valence-electron chi connectivity index (χ3n) is 5.04. The molecule has 1 unspecified atom stereocenters. The molecule has 1 saturated heterocycles. The van der Waals surface area contributed by atoms with Gasteiger partial charge in [-0.15, -0.1) is 0 Å². The van der Waals surface area contributed by atoms with Crippen molar-refractivity contribution in [1.29, 1.82) is 5.41 Å². The molecule has 3 rings (SSSR count). The minimum atomic E-state index is -0.615. The van der Waals surface area contributed by atoms with Crippen molar-refractivity contribution in [1.82, 2.24) is 15.6 Å². The van der Waals surface area contributed by atoms with Crippen molar-refractivity contribution in [3.05, 3.63) is 42.3 Å². The molecule has 1 aliphatic rings. The van der Waals surface area contributed by atoms with E-state index in [1.807, 2.05) is 0 Å². The second kappa shape index (κ2) is 11.2. The summed E-state index contributed by atoms with van der Waals surface area (Å²) >= 11 is 0. The van der Waals surface area contributed by atoms with E-state index in [9.17, 15) is 18.8 Å². The highest BCUT2D eigenvalue weighted by atomic mass is 19.1. The van der Waals surface area contributed by atoms with Crippen LogP contribution in [-0.4, -0.2) is 73.2 Å². The Hall–Kier alpha value is -4.06. The SMILES string of the molecule is CC(=O)NCC1CN(c2ccc(-c3ccc(N(C=N)CCNC(=O)CO)nc3)c(F)c2)C(=O)O1. The number of pyridine rings is 1. The van der Waals surface area contributed by atoms with Crippen LogP contribution in [0.4, 0.5) is 20.7 Å². The van der Waals surface area contributed by atoms with Gasteiger partial charge >= 0.3 is 6.09 Å². The van der Waals surface area contributed by atoms with Crippen LogP contribution in [0.1, 0.15) is 6.92 Å². The molecule has 3 amide bonds. The average molecular weight is 472 g/mol. The van der Waals surface area contributed by atoms with Gasteiger partial charge in [-0.25, -0.2) is 14.2 Å². The fourth-order valence-corrected chi connectivity index (χ4v) is 3.33. The van der Waals surface area contributed by atoms with E-state index in [1.54, 1.807) is 18.2 Å². The molecule has 1 aromatic carbocycles. The number of ether oxygens (including phenoxy) is 1. The van der Waals surface area contributed by atoms with Gasteiger partial charge in [0.05, 0.1) is 25.1 Å². The largest absolute Gasteiger partial charge is 0.442 e. The molecule has 0 spiro atoms. The second-order valence-corrected chi connectivity index (χ2v) is 7.45. The Balaban J connectivity index is 1.67. The first-order valence-corrected chi connectivity index (χ1v) is 10.5. The number of nitrogens with one attached hydrogen (secondary N) is 3. The molecule has 0 aliphatic carbocycles. The number of aliphatic hydroxyl groups is 1. The van der Waals surface area contributed by atoms with Crippen molar-refractivity contribution in [2.24, 2.45) is 0 Å². The van der Waals surface area contributed by atoms with Crippen molar-refractivity contribution < 1.29 is 28.6 Å². The number of aliphatic hydroxyl groups excluding tert-OH is 1. The first-order valence-electron chi connectivity index (χ1n) is 10.5. The van der Waals surface area contributed by atoms with Gasteiger partial charge in [-0.3, -0.25) is 19.9 Å². The fraction of sp³-hybridized carbons (Fsp3) is 0.318. The number of rotatable bonds is 10. The molecule has 0 saturated carbocycles. The maximum Gasteiger partial charge on any atom is 0.414 e. The first kappa shape index (κ1) is 24.6. The van der Waals surface area contributed by atoms with Gasteiger partial charge in [0.25, 0.3) is 0 Å². The molecule has 2 aromatic rings. The van der Waals surface area contributed by atoms with Gasteiger partial charge in [0, 0.05) is 37.3 Å². The standard InChI is InChI=1S/C22H25FN6O5/c1-14(31)26-10-17-11-29(22(33)34-17)16-3-4-18(19(23)8-16)15-2-5-20(27-9-15)28(13-24)7-6-25-21(32)12-30/h2-5,8-9,13,17,24,30H,6-7,10-12H2,1H3,(H,25,32)(H,26,31). The summed E-state index contributed by atoms with van der Waals surface area (Å²) in [5.74, 6) is -0.876. The van der Waals surface area contributed by atoms with Gasteiger partial charge in [0.15, 0.2) is 0 Å². The second-order valence-electron chi connectivity index (χ2n) is 7.45. The number of amides is 3. The van der Waals surface area contributed by atoms with E-state index in [4.69, 9.17) is 15.3 Å². The van der Waals surface area contributed by atoms with Crippen LogP contribution < -0.4 is 20.4 Å². The van der Waals surface area contributed by atoms with E-state index < -0.39 is 30.5 Å². The van der Waals surface area contributed by atoms with E-state index >= 15 is 0 Å². The zero-order valence-electron chi connectivity index (χ0n) is 18.5. The van der Waals surface area contributed by atoms with Crippen LogP contribution in [0, 0.1) is 11.2 Å². The molecule has 11 nitrogen and oxygen atoms in total. The van der Waals surface area contributed by atoms with Crippen LogP contribution >= 0.6 is 0 Å². The molecule has 180 valence electrons. The van der Waals surface area contributed by atoms with Crippen LogP contribution in [-0.2, 0) is 14.3 Å². The van der Waals surface area contributed by atoms with Crippen molar-refractivity contribution in [2.75, 3.05) is 42.6 Å². The monoisotopic (exact) mass is 472 g/mol. The summed E-state index contributed by atoms with van der Waals surface area (Å²) < 4.78 is 20.1. The Morgan fingerprint density at radius 3 is 2.76 bits per heavy atom.